The van der Waals surface area contributed by atoms with Gasteiger partial charge in [-0.1, -0.05) is 39.8 Å². The van der Waals surface area contributed by atoms with E-state index < -0.39 is 0 Å². The predicted molar refractivity (Wildman–Crippen MR) is 79.0 cm³/mol. The maximum absolute atomic E-state index is 12.1. The van der Waals surface area contributed by atoms with Gasteiger partial charge in [-0.3, -0.25) is 9.89 Å². The molecule has 0 aliphatic rings. The van der Waals surface area contributed by atoms with Crippen molar-refractivity contribution >= 4 is 11.6 Å². The zero-order chi connectivity index (χ0) is 14.7. The Labute approximate surface area is 118 Å². The third-order valence-corrected chi connectivity index (χ3v) is 3.06. The van der Waals surface area contributed by atoms with Crippen LogP contribution in [0.15, 0.2) is 24.3 Å². The first-order chi connectivity index (χ1) is 9.47. The van der Waals surface area contributed by atoms with E-state index in [9.17, 15) is 4.79 Å². The third kappa shape index (κ3) is 3.23. The first-order valence-corrected chi connectivity index (χ1v) is 6.81. The number of anilines is 1. The highest BCUT2D eigenvalue weighted by molar-refractivity contribution is 6.01. The van der Waals surface area contributed by atoms with Crippen LogP contribution in [0.25, 0.3) is 0 Å². The van der Waals surface area contributed by atoms with E-state index in [1.807, 2.05) is 38.1 Å². The third-order valence-electron chi connectivity index (χ3n) is 3.06. The van der Waals surface area contributed by atoms with E-state index in [-0.39, 0.29) is 17.6 Å². The summed E-state index contributed by atoms with van der Waals surface area (Å²) in [5.41, 5.74) is 1.94. The van der Waals surface area contributed by atoms with E-state index in [0.29, 0.717) is 11.7 Å². The van der Waals surface area contributed by atoms with Crippen molar-refractivity contribution in [3.63, 3.8) is 0 Å². The quantitative estimate of drug-likeness (QED) is 0.897. The molecule has 0 bridgehead atoms. The summed E-state index contributed by atoms with van der Waals surface area (Å²) in [5, 5.41) is 9.54. The summed E-state index contributed by atoms with van der Waals surface area (Å²) in [4.78, 5) is 16.3. The second-order valence-electron chi connectivity index (χ2n) is 5.43. The van der Waals surface area contributed by atoms with Gasteiger partial charge in [0.2, 0.25) is 5.82 Å². The molecule has 1 amide bonds. The van der Waals surface area contributed by atoms with Crippen LogP contribution in [0.4, 0.5) is 5.69 Å². The van der Waals surface area contributed by atoms with Crippen molar-refractivity contribution in [3.05, 3.63) is 41.5 Å². The number of carbonyl (C=O) groups excluding carboxylic acids is 1. The predicted octanol–water partition coefficient (Wildman–Crippen LogP) is 3.30. The fourth-order valence-electron chi connectivity index (χ4n) is 1.80. The Kier molecular flexibility index (Phi) is 4.17. The number of rotatable bonds is 4. The van der Waals surface area contributed by atoms with Gasteiger partial charge in [-0.25, -0.2) is 4.98 Å². The Bertz CT molecular complexity index is 601. The SMILES string of the molecule is CC(C)c1cccc(NC(=O)c2n[nH]c(C(C)C)n2)c1. The van der Waals surface area contributed by atoms with Gasteiger partial charge in [0.15, 0.2) is 0 Å². The molecule has 0 spiro atoms. The van der Waals surface area contributed by atoms with E-state index in [1.54, 1.807) is 0 Å². The molecule has 0 aliphatic carbocycles. The highest BCUT2D eigenvalue weighted by Crippen LogP contribution is 2.19. The second-order valence-corrected chi connectivity index (χ2v) is 5.43. The van der Waals surface area contributed by atoms with Gasteiger partial charge in [-0.15, -0.1) is 5.10 Å². The molecule has 20 heavy (non-hydrogen) atoms. The van der Waals surface area contributed by atoms with Crippen molar-refractivity contribution in [3.8, 4) is 0 Å². The van der Waals surface area contributed by atoms with Gasteiger partial charge < -0.3 is 5.32 Å². The van der Waals surface area contributed by atoms with Crippen LogP contribution in [-0.2, 0) is 0 Å². The summed E-state index contributed by atoms with van der Waals surface area (Å²) in [6.07, 6.45) is 0. The number of aromatic amines is 1. The van der Waals surface area contributed by atoms with Gasteiger partial charge in [0.05, 0.1) is 0 Å². The van der Waals surface area contributed by atoms with Crippen LogP contribution in [0.3, 0.4) is 0 Å². The number of benzene rings is 1. The lowest BCUT2D eigenvalue weighted by Crippen LogP contribution is -2.14. The monoisotopic (exact) mass is 272 g/mol. The average molecular weight is 272 g/mol. The van der Waals surface area contributed by atoms with Crippen molar-refractivity contribution in [2.45, 2.75) is 39.5 Å². The van der Waals surface area contributed by atoms with Crippen LogP contribution >= 0.6 is 0 Å². The number of nitrogens with one attached hydrogen (secondary N) is 2. The lowest BCUT2D eigenvalue weighted by molar-refractivity contribution is 0.101. The number of hydrogen-bond acceptors (Lipinski definition) is 3. The molecule has 1 heterocycles. The van der Waals surface area contributed by atoms with Gasteiger partial charge in [-0.05, 0) is 23.6 Å². The molecular weight excluding hydrogens is 252 g/mol. The number of nitrogens with zero attached hydrogens (tertiary/aromatic N) is 2. The molecule has 0 aliphatic heterocycles. The molecule has 0 saturated carbocycles. The first kappa shape index (κ1) is 14.2. The Morgan fingerprint density at radius 2 is 1.95 bits per heavy atom. The largest absolute Gasteiger partial charge is 0.319 e. The topological polar surface area (TPSA) is 70.7 Å². The fourth-order valence-corrected chi connectivity index (χ4v) is 1.80. The smallest absolute Gasteiger partial charge is 0.295 e. The summed E-state index contributed by atoms with van der Waals surface area (Å²) in [7, 11) is 0. The standard InChI is InChI=1S/C15H20N4O/c1-9(2)11-6-5-7-12(8-11)16-15(20)14-17-13(10(3)4)18-19-14/h5-10H,1-4H3,(H,16,20)(H,17,18,19). The number of carbonyl (C=O) groups is 1. The lowest BCUT2D eigenvalue weighted by Gasteiger charge is -2.08. The van der Waals surface area contributed by atoms with Crippen molar-refractivity contribution < 1.29 is 4.79 Å². The van der Waals surface area contributed by atoms with E-state index >= 15 is 0 Å². The normalized spacial score (nSPS) is 11.1. The van der Waals surface area contributed by atoms with E-state index in [4.69, 9.17) is 0 Å². The highest BCUT2D eigenvalue weighted by Gasteiger charge is 2.14. The van der Waals surface area contributed by atoms with Gasteiger partial charge in [0.25, 0.3) is 5.91 Å². The van der Waals surface area contributed by atoms with Gasteiger partial charge in [-0.2, -0.15) is 0 Å². The molecule has 0 radical (unpaired) electrons. The van der Waals surface area contributed by atoms with E-state index in [0.717, 1.165) is 5.69 Å². The highest BCUT2D eigenvalue weighted by atomic mass is 16.2. The Morgan fingerprint density at radius 1 is 1.20 bits per heavy atom. The number of amides is 1. The van der Waals surface area contributed by atoms with Crippen molar-refractivity contribution in [2.75, 3.05) is 5.32 Å². The van der Waals surface area contributed by atoms with Crippen LogP contribution in [0, 0.1) is 0 Å². The molecule has 5 nitrogen and oxygen atoms in total. The fraction of sp³-hybridized carbons (Fsp3) is 0.400. The van der Waals surface area contributed by atoms with Gasteiger partial charge in [0.1, 0.15) is 5.82 Å². The van der Waals surface area contributed by atoms with Crippen LogP contribution < -0.4 is 5.32 Å². The van der Waals surface area contributed by atoms with E-state index in [1.165, 1.54) is 5.56 Å². The molecule has 0 atom stereocenters. The molecular formula is C15H20N4O. The second kappa shape index (κ2) is 5.86. The lowest BCUT2D eigenvalue weighted by atomic mass is 10.0. The summed E-state index contributed by atoms with van der Waals surface area (Å²) in [6.45, 7) is 8.22. The minimum atomic E-state index is -0.297. The molecule has 5 heteroatoms. The number of H-pyrrole nitrogens is 1. The number of aromatic nitrogens is 3. The Morgan fingerprint density at radius 3 is 2.55 bits per heavy atom. The van der Waals surface area contributed by atoms with E-state index in [2.05, 4.69) is 34.3 Å². The van der Waals surface area contributed by atoms with Crippen molar-refractivity contribution in [2.24, 2.45) is 0 Å². The van der Waals surface area contributed by atoms with Crippen LogP contribution in [-0.4, -0.2) is 21.1 Å². The summed E-state index contributed by atoms with van der Waals surface area (Å²) < 4.78 is 0. The summed E-state index contributed by atoms with van der Waals surface area (Å²) in [6, 6.07) is 7.81. The molecule has 2 N–H and O–H groups in total. The molecule has 2 aromatic rings. The first-order valence-electron chi connectivity index (χ1n) is 6.81. The molecule has 2 rings (SSSR count). The molecule has 0 saturated heterocycles. The molecule has 0 fully saturated rings. The average Bonchev–Trinajstić information content (AvgIpc) is 2.88. The molecule has 0 unspecified atom stereocenters. The van der Waals surface area contributed by atoms with Crippen molar-refractivity contribution in [1.29, 1.82) is 0 Å². The molecule has 106 valence electrons. The van der Waals surface area contributed by atoms with Gasteiger partial charge in [0, 0.05) is 11.6 Å². The maximum Gasteiger partial charge on any atom is 0.295 e. The zero-order valence-electron chi connectivity index (χ0n) is 12.3. The van der Waals surface area contributed by atoms with Crippen molar-refractivity contribution in [1.82, 2.24) is 15.2 Å². The molecule has 1 aromatic carbocycles. The van der Waals surface area contributed by atoms with Gasteiger partial charge >= 0.3 is 0 Å². The summed E-state index contributed by atoms with van der Waals surface area (Å²) >= 11 is 0. The Hall–Kier alpha value is -2.17. The number of hydrogen-bond donors (Lipinski definition) is 2. The minimum Gasteiger partial charge on any atom is -0.319 e. The Balaban J connectivity index is 2.12. The van der Waals surface area contributed by atoms with Crippen LogP contribution in [0.5, 0.6) is 0 Å². The molecule has 1 aromatic heterocycles. The zero-order valence-corrected chi connectivity index (χ0v) is 12.3. The maximum atomic E-state index is 12.1. The summed E-state index contributed by atoms with van der Waals surface area (Å²) in [5.74, 6) is 1.22. The van der Waals surface area contributed by atoms with Crippen LogP contribution in [0.2, 0.25) is 0 Å². The minimum absolute atomic E-state index is 0.170. The van der Waals surface area contributed by atoms with Crippen LogP contribution in [0.1, 0.15) is 61.5 Å².